The molecule has 0 bridgehead atoms. The van der Waals surface area contributed by atoms with Crippen LogP contribution in [0.25, 0.3) is 0 Å². The third-order valence-electron chi connectivity index (χ3n) is 5.48. The van der Waals surface area contributed by atoms with Crippen molar-refractivity contribution in [2.45, 2.75) is 44.9 Å². The molecule has 0 radical (unpaired) electrons. The second-order valence-electron chi connectivity index (χ2n) is 8.76. The van der Waals surface area contributed by atoms with Crippen LogP contribution in [-0.4, -0.2) is 32.1 Å². The first-order chi connectivity index (χ1) is 15.0. The maximum Gasteiger partial charge on any atom is 0.417 e. The summed E-state index contributed by atoms with van der Waals surface area (Å²) in [7, 11) is 0. The summed E-state index contributed by atoms with van der Waals surface area (Å²) in [5, 5.41) is 8.17. The summed E-state index contributed by atoms with van der Waals surface area (Å²) < 4.78 is 42.1. The average Bonchev–Trinajstić information content (AvgIpc) is 3.17. The van der Waals surface area contributed by atoms with Crippen molar-refractivity contribution in [3.8, 4) is 0 Å². The Morgan fingerprint density at radius 1 is 1.00 bits per heavy atom. The summed E-state index contributed by atoms with van der Waals surface area (Å²) >= 11 is 6.06. The minimum Gasteiger partial charge on any atom is -0.322 e. The molecule has 168 valence electrons. The van der Waals surface area contributed by atoms with E-state index in [-0.39, 0.29) is 17.5 Å². The van der Waals surface area contributed by atoms with E-state index in [9.17, 15) is 18.0 Å². The zero-order valence-corrected chi connectivity index (χ0v) is 18.6. The van der Waals surface area contributed by atoms with Crippen LogP contribution in [0.3, 0.4) is 0 Å². The van der Waals surface area contributed by atoms with Gasteiger partial charge < -0.3 is 9.47 Å². The molecule has 9 heteroatoms. The van der Waals surface area contributed by atoms with Crippen LogP contribution in [0.5, 0.6) is 0 Å². The summed E-state index contributed by atoms with van der Waals surface area (Å²) in [4.78, 5) is 15.0. The van der Waals surface area contributed by atoms with Gasteiger partial charge in [-0.05, 0) is 17.7 Å². The molecule has 0 unspecified atom stereocenters. The van der Waals surface area contributed by atoms with E-state index in [1.807, 2.05) is 55.7 Å². The van der Waals surface area contributed by atoms with Crippen molar-refractivity contribution >= 4 is 17.5 Å². The van der Waals surface area contributed by atoms with E-state index in [1.165, 1.54) is 17.0 Å². The average molecular weight is 463 g/mol. The van der Waals surface area contributed by atoms with Gasteiger partial charge in [-0.1, -0.05) is 68.8 Å². The first kappa shape index (κ1) is 22.3. The molecule has 1 aromatic heterocycles. The standard InChI is InChI=1S/C23H22ClF3N4O/c1-22(2,3)21-29-28-19-18(14-8-5-4-6-9-14)30(12-13-31(19)21)20(32)15-10-7-11-16(17(15)24)23(25,26)27/h4-11,18H,12-13H2,1-3H3/t18-/m1/s1. The van der Waals surface area contributed by atoms with Gasteiger partial charge in [0.05, 0.1) is 16.1 Å². The van der Waals surface area contributed by atoms with Gasteiger partial charge in [0.25, 0.3) is 5.91 Å². The summed E-state index contributed by atoms with van der Waals surface area (Å²) in [6.45, 7) is 6.80. The molecular weight excluding hydrogens is 441 g/mol. The highest BCUT2D eigenvalue weighted by Crippen LogP contribution is 2.39. The third-order valence-corrected chi connectivity index (χ3v) is 5.89. The molecule has 0 saturated heterocycles. The fraction of sp³-hybridized carbons (Fsp3) is 0.348. The van der Waals surface area contributed by atoms with Gasteiger partial charge >= 0.3 is 6.18 Å². The number of nitrogens with zero attached hydrogens (tertiary/aromatic N) is 4. The molecule has 1 atom stereocenters. The van der Waals surface area contributed by atoms with Gasteiger partial charge in [0.15, 0.2) is 5.82 Å². The molecule has 2 heterocycles. The molecule has 0 N–H and O–H groups in total. The molecule has 0 fully saturated rings. The van der Waals surface area contributed by atoms with Gasteiger partial charge in [-0.2, -0.15) is 13.2 Å². The van der Waals surface area contributed by atoms with Crippen LogP contribution in [0.15, 0.2) is 48.5 Å². The number of amides is 1. The highest BCUT2D eigenvalue weighted by atomic mass is 35.5. The predicted octanol–water partition coefficient (Wildman–Crippen LogP) is 5.49. The lowest BCUT2D eigenvalue weighted by Gasteiger charge is -2.37. The van der Waals surface area contributed by atoms with Crippen LogP contribution in [0.2, 0.25) is 5.02 Å². The number of alkyl halides is 3. The number of hydrogen-bond acceptors (Lipinski definition) is 3. The second-order valence-corrected chi connectivity index (χ2v) is 9.14. The summed E-state index contributed by atoms with van der Waals surface area (Å²) in [5.74, 6) is 0.781. The van der Waals surface area contributed by atoms with E-state index in [1.54, 1.807) is 0 Å². The Hall–Kier alpha value is -2.87. The highest BCUT2D eigenvalue weighted by molar-refractivity contribution is 6.34. The first-order valence-corrected chi connectivity index (χ1v) is 10.5. The largest absolute Gasteiger partial charge is 0.417 e. The molecule has 1 amide bonds. The fourth-order valence-electron chi connectivity index (χ4n) is 4.02. The van der Waals surface area contributed by atoms with Crippen LogP contribution in [-0.2, 0) is 18.1 Å². The Balaban J connectivity index is 1.83. The lowest BCUT2D eigenvalue weighted by molar-refractivity contribution is -0.137. The van der Waals surface area contributed by atoms with E-state index >= 15 is 0 Å². The van der Waals surface area contributed by atoms with Crippen molar-refractivity contribution in [1.82, 2.24) is 19.7 Å². The zero-order chi connectivity index (χ0) is 23.3. The molecule has 3 aromatic rings. The van der Waals surface area contributed by atoms with Crippen LogP contribution < -0.4 is 0 Å². The van der Waals surface area contributed by atoms with E-state index < -0.39 is 28.7 Å². The number of carbonyl (C=O) groups is 1. The van der Waals surface area contributed by atoms with Gasteiger partial charge in [0.1, 0.15) is 11.9 Å². The van der Waals surface area contributed by atoms with Gasteiger partial charge in [0.2, 0.25) is 0 Å². The second kappa shape index (κ2) is 7.92. The Labute approximate surface area is 188 Å². The summed E-state index contributed by atoms with van der Waals surface area (Å²) in [5.41, 5.74) is -0.691. The number of carbonyl (C=O) groups excluding carboxylic acids is 1. The molecule has 2 aromatic carbocycles. The minimum absolute atomic E-state index is 0.188. The normalized spacial score (nSPS) is 16.7. The number of halogens is 4. The fourth-order valence-corrected chi connectivity index (χ4v) is 4.34. The lowest BCUT2D eigenvalue weighted by Crippen LogP contribution is -2.44. The number of rotatable bonds is 2. The van der Waals surface area contributed by atoms with Crippen molar-refractivity contribution < 1.29 is 18.0 Å². The smallest absolute Gasteiger partial charge is 0.322 e. The van der Waals surface area contributed by atoms with E-state index in [0.29, 0.717) is 12.4 Å². The van der Waals surface area contributed by atoms with E-state index in [2.05, 4.69) is 10.2 Å². The maximum absolute atomic E-state index is 13.5. The molecule has 0 spiro atoms. The maximum atomic E-state index is 13.5. The van der Waals surface area contributed by atoms with Gasteiger partial charge in [-0.15, -0.1) is 10.2 Å². The van der Waals surface area contributed by atoms with Crippen molar-refractivity contribution in [3.05, 3.63) is 81.9 Å². The molecule has 0 aliphatic carbocycles. The van der Waals surface area contributed by atoms with Crippen molar-refractivity contribution in [2.24, 2.45) is 0 Å². The van der Waals surface area contributed by atoms with Crippen LogP contribution in [0, 0.1) is 0 Å². The molecule has 4 rings (SSSR count). The topological polar surface area (TPSA) is 51.0 Å². The van der Waals surface area contributed by atoms with Crippen LogP contribution in [0.1, 0.15) is 59.9 Å². The molecule has 1 aliphatic rings. The van der Waals surface area contributed by atoms with Crippen LogP contribution >= 0.6 is 11.6 Å². The Morgan fingerprint density at radius 3 is 2.31 bits per heavy atom. The zero-order valence-electron chi connectivity index (χ0n) is 17.8. The lowest BCUT2D eigenvalue weighted by atomic mass is 9.94. The van der Waals surface area contributed by atoms with Gasteiger partial charge in [-0.3, -0.25) is 4.79 Å². The van der Waals surface area contributed by atoms with Crippen molar-refractivity contribution in [1.29, 1.82) is 0 Å². The molecule has 0 saturated carbocycles. The SMILES string of the molecule is CC(C)(C)c1nnc2n1CCN(C(=O)c1cccc(C(F)(F)F)c1Cl)[C@@H]2c1ccccc1. The summed E-state index contributed by atoms with van der Waals surface area (Å²) in [6.07, 6.45) is -4.66. The van der Waals surface area contributed by atoms with Gasteiger partial charge in [-0.25, -0.2) is 0 Å². The van der Waals surface area contributed by atoms with Crippen molar-refractivity contribution in [2.75, 3.05) is 6.54 Å². The Bertz CT molecular complexity index is 1150. The molecular formula is C23H22ClF3N4O. The molecule has 5 nitrogen and oxygen atoms in total. The Morgan fingerprint density at radius 2 is 1.69 bits per heavy atom. The third kappa shape index (κ3) is 3.88. The molecule has 1 aliphatic heterocycles. The number of aromatic nitrogens is 3. The number of fused-ring (bicyclic) bond motifs is 1. The quantitative estimate of drug-likeness (QED) is 0.505. The van der Waals surface area contributed by atoms with E-state index in [4.69, 9.17) is 11.6 Å². The molecule has 32 heavy (non-hydrogen) atoms. The highest BCUT2D eigenvalue weighted by Gasteiger charge is 2.40. The van der Waals surface area contributed by atoms with Gasteiger partial charge in [0, 0.05) is 18.5 Å². The predicted molar refractivity (Wildman–Crippen MR) is 114 cm³/mol. The monoisotopic (exact) mass is 462 g/mol. The van der Waals surface area contributed by atoms with Crippen molar-refractivity contribution in [3.63, 3.8) is 0 Å². The first-order valence-electron chi connectivity index (χ1n) is 10.2. The van der Waals surface area contributed by atoms with E-state index in [0.717, 1.165) is 17.5 Å². The minimum atomic E-state index is -4.66. The number of benzene rings is 2. The van der Waals surface area contributed by atoms with Crippen LogP contribution in [0.4, 0.5) is 13.2 Å². The summed E-state index contributed by atoms with van der Waals surface area (Å²) in [6, 6.07) is 12.0. The number of hydrogen-bond donors (Lipinski definition) is 0. The Kier molecular flexibility index (Phi) is 5.53.